The van der Waals surface area contributed by atoms with Crippen molar-refractivity contribution >= 4 is 43.8 Å². The van der Waals surface area contributed by atoms with Crippen LogP contribution in [0.1, 0.15) is 12.5 Å². The lowest BCUT2D eigenvalue weighted by Gasteiger charge is -2.26. The topological polar surface area (TPSA) is 46.6 Å². The van der Waals surface area contributed by atoms with Gasteiger partial charge in [0.25, 0.3) is 0 Å². The van der Waals surface area contributed by atoms with Gasteiger partial charge in [-0.05, 0) is 41.4 Å². The lowest BCUT2D eigenvalue weighted by molar-refractivity contribution is -0.185. The maximum absolute atomic E-state index is 12.6. The molecule has 1 amide bonds. The fourth-order valence-electron chi connectivity index (χ4n) is 2.71. The Morgan fingerprint density at radius 3 is 2.42 bits per heavy atom. The van der Waals surface area contributed by atoms with Gasteiger partial charge in [-0.25, -0.2) is 0 Å². The molecule has 0 N–H and O–H groups in total. The molecule has 2 heterocycles. The molecular weight excluding hydrogens is 391 g/mol. The van der Waals surface area contributed by atoms with E-state index in [1.54, 1.807) is 19.1 Å². The highest BCUT2D eigenvalue weighted by Gasteiger charge is 2.42. The summed E-state index contributed by atoms with van der Waals surface area (Å²) in [7, 11) is 1.14. The van der Waals surface area contributed by atoms with Crippen LogP contribution >= 0.6 is 15.9 Å². The van der Waals surface area contributed by atoms with Crippen LogP contribution in [0.5, 0.6) is 0 Å². The molecule has 0 aliphatic carbocycles. The zero-order valence-corrected chi connectivity index (χ0v) is 14.4. The van der Waals surface area contributed by atoms with Crippen molar-refractivity contribution in [3.05, 3.63) is 34.7 Å². The fourth-order valence-corrected chi connectivity index (χ4v) is 3.33. The number of hydrogen-bond donors (Lipinski definition) is 0. The second-order valence-corrected chi connectivity index (χ2v) is 6.38. The van der Waals surface area contributed by atoms with Gasteiger partial charge in [0.15, 0.2) is 0 Å². The number of halogens is 4. The average molecular weight is 404 g/mol. The number of amides is 1. The Hall–Kier alpha value is -1.96. The maximum atomic E-state index is 12.6. The van der Waals surface area contributed by atoms with Crippen LogP contribution in [-0.2, 0) is 11.2 Å². The van der Waals surface area contributed by atoms with Crippen LogP contribution in [0.3, 0.4) is 0 Å². The van der Waals surface area contributed by atoms with Gasteiger partial charge >= 0.3 is 12.1 Å². The summed E-state index contributed by atoms with van der Waals surface area (Å²) < 4.78 is 49.6. The molecule has 0 spiro atoms. The van der Waals surface area contributed by atoms with Gasteiger partial charge in [0.05, 0.1) is 17.0 Å². The number of alkyl halides is 3. The third kappa shape index (κ3) is 2.68. The third-order valence-corrected chi connectivity index (χ3v) is 4.88. The summed E-state index contributed by atoms with van der Waals surface area (Å²) in [4.78, 5) is 12.1. The highest BCUT2D eigenvalue weighted by atomic mass is 79.9. The molecule has 3 rings (SSSR count). The van der Waals surface area contributed by atoms with Crippen molar-refractivity contribution in [1.29, 1.82) is 0 Å². The normalized spacial score (nSPS) is 13.6. The SMILES string of the molecule is CC(Cc1c2ccoc2c(Br)c2ccoc12)N(C)C(=O)C(F)(F)F. The Bertz CT molecular complexity index is 861. The van der Waals surface area contributed by atoms with Crippen molar-refractivity contribution < 1.29 is 26.8 Å². The summed E-state index contributed by atoms with van der Waals surface area (Å²) in [5.41, 5.74) is 1.86. The van der Waals surface area contributed by atoms with E-state index in [2.05, 4.69) is 15.9 Å². The minimum Gasteiger partial charge on any atom is -0.464 e. The third-order valence-electron chi connectivity index (χ3n) is 4.09. The number of nitrogens with zero attached hydrogens (tertiary/aromatic N) is 1. The summed E-state index contributed by atoms with van der Waals surface area (Å²) in [6, 6.07) is 2.81. The van der Waals surface area contributed by atoms with Crippen molar-refractivity contribution in [2.24, 2.45) is 0 Å². The molecule has 8 heteroatoms. The van der Waals surface area contributed by atoms with Crippen molar-refractivity contribution in [3.8, 4) is 0 Å². The van der Waals surface area contributed by atoms with Gasteiger partial charge in [0.2, 0.25) is 0 Å². The van der Waals surface area contributed by atoms with Gasteiger partial charge in [-0.3, -0.25) is 4.79 Å². The summed E-state index contributed by atoms with van der Waals surface area (Å²) >= 11 is 3.45. The molecule has 1 unspecified atom stereocenters. The standard InChI is InChI=1S/C16H13BrF3NO3/c1-8(21(2)15(22)16(18,19)20)7-11-9-3-5-24-14(9)12(17)10-4-6-23-13(10)11/h3-6,8H,7H2,1-2H3. The number of carbonyl (C=O) groups is 1. The summed E-state index contributed by atoms with van der Waals surface area (Å²) in [6.07, 6.45) is -1.68. The van der Waals surface area contributed by atoms with Gasteiger partial charge in [-0.15, -0.1) is 0 Å². The van der Waals surface area contributed by atoms with E-state index in [4.69, 9.17) is 8.83 Å². The molecule has 0 bridgehead atoms. The molecule has 0 aliphatic heterocycles. The molecule has 0 radical (unpaired) electrons. The van der Waals surface area contributed by atoms with Crippen LogP contribution in [0.25, 0.3) is 21.9 Å². The quantitative estimate of drug-likeness (QED) is 0.625. The van der Waals surface area contributed by atoms with Crippen LogP contribution in [0.4, 0.5) is 13.2 Å². The van der Waals surface area contributed by atoms with Crippen LogP contribution in [0.15, 0.2) is 38.0 Å². The second-order valence-electron chi connectivity index (χ2n) is 5.59. The first-order chi connectivity index (χ1) is 11.2. The van der Waals surface area contributed by atoms with Gasteiger partial charge < -0.3 is 13.7 Å². The Balaban J connectivity index is 2.03. The number of likely N-dealkylation sites (N-methyl/N-ethyl adjacent to an activating group) is 1. The predicted molar refractivity (Wildman–Crippen MR) is 85.7 cm³/mol. The molecule has 128 valence electrons. The van der Waals surface area contributed by atoms with E-state index >= 15 is 0 Å². The molecule has 1 aromatic carbocycles. The molecule has 1 atom stereocenters. The van der Waals surface area contributed by atoms with Gasteiger partial charge in [0.1, 0.15) is 11.2 Å². The Morgan fingerprint density at radius 1 is 1.21 bits per heavy atom. The molecule has 0 aliphatic rings. The van der Waals surface area contributed by atoms with Gasteiger partial charge in [-0.2, -0.15) is 13.2 Å². The zero-order valence-electron chi connectivity index (χ0n) is 12.8. The molecular formula is C16H13BrF3NO3. The number of furan rings is 2. The van der Waals surface area contributed by atoms with E-state index in [0.717, 1.165) is 22.3 Å². The van der Waals surface area contributed by atoms with E-state index in [1.165, 1.54) is 12.5 Å². The minimum atomic E-state index is -4.90. The van der Waals surface area contributed by atoms with E-state index in [9.17, 15) is 18.0 Å². The van der Waals surface area contributed by atoms with Crippen LogP contribution < -0.4 is 0 Å². The summed E-state index contributed by atoms with van der Waals surface area (Å²) in [5, 5.41) is 1.51. The maximum Gasteiger partial charge on any atom is 0.471 e. The molecule has 0 saturated heterocycles. The zero-order chi connectivity index (χ0) is 17.6. The number of benzene rings is 1. The van der Waals surface area contributed by atoms with Gasteiger partial charge in [0, 0.05) is 29.4 Å². The average Bonchev–Trinajstić information content (AvgIpc) is 3.17. The highest BCUT2D eigenvalue weighted by molar-refractivity contribution is 9.10. The Kier molecular flexibility index (Phi) is 4.11. The molecule has 2 aromatic heterocycles. The predicted octanol–water partition coefficient (Wildman–Crippen LogP) is 4.89. The van der Waals surface area contributed by atoms with Crippen molar-refractivity contribution in [1.82, 2.24) is 4.90 Å². The first-order valence-corrected chi connectivity index (χ1v) is 7.89. The summed E-state index contributed by atoms with van der Waals surface area (Å²) in [5.74, 6) is -1.87. The fraction of sp³-hybridized carbons (Fsp3) is 0.312. The highest BCUT2D eigenvalue weighted by Crippen LogP contribution is 2.38. The van der Waals surface area contributed by atoms with Gasteiger partial charge in [-0.1, -0.05) is 0 Å². The first kappa shape index (κ1) is 16.9. The Labute approximate surface area is 143 Å². The number of carbonyl (C=O) groups excluding carboxylic acids is 1. The lowest BCUT2D eigenvalue weighted by Crippen LogP contribution is -2.44. The molecule has 4 nitrogen and oxygen atoms in total. The van der Waals surface area contributed by atoms with Crippen molar-refractivity contribution in [3.63, 3.8) is 0 Å². The van der Waals surface area contributed by atoms with E-state index in [0.29, 0.717) is 21.6 Å². The van der Waals surface area contributed by atoms with Crippen LogP contribution in [0, 0.1) is 0 Å². The number of rotatable bonds is 3. The van der Waals surface area contributed by atoms with Crippen LogP contribution in [-0.4, -0.2) is 30.1 Å². The minimum absolute atomic E-state index is 0.200. The monoisotopic (exact) mass is 403 g/mol. The molecule has 24 heavy (non-hydrogen) atoms. The van der Waals surface area contributed by atoms with Crippen molar-refractivity contribution in [2.45, 2.75) is 25.6 Å². The largest absolute Gasteiger partial charge is 0.471 e. The Morgan fingerprint density at radius 2 is 1.79 bits per heavy atom. The van der Waals surface area contributed by atoms with Crippen LogP contribution in [0.2, 0.25) is 0 Å². The second kappa shape index (κ2) is 5.84. The van der Waals surface area contributed by atoms with Crippen molar-refractivity contribution in [2.75, 3.05) is 7.05 Å². The number of hydrogen-bond acceptors (Lipinski definition) is 3. The van der Waals surface area contributed by atoms with E-state index in [1.807, 2.05) is 0 Å². The number of fused-ring (bicyclic) bond motifs is 2. The first-order valence-electron chi connectivity index (χ1n) is 7.10. The van der Waals surface area contributed by atoms with E-state index < -0.39 is 18.1 Å². The summed E-state index contributed by atoms with van der Waals surface area (Å²) in [6.45, 7) is 1.56. The lowest BCUT2D eigenvalue weighted by atomic mass is 10.00. The molecule has 3 aromatic rings. The molecule has 0 fully saturated rings. The smallest absolute Gasteiger partial charge is 0.464 e. The van der Waals surface area contributed by atoms with E-state index in [-0.39, 0.29) is 6.42 Å². The molecule has 0 saturated carbocycles.